The van der Waals surface area contributed by atoms with Crippen LogP contribution in [0.5, 0.6) is 11.5 Å². The average molecular weight is 321 g/mol. The highest BCUT2D eigenvalue weighted by atomic mass is 16.5. The highest BCUT2D eigenvalue weighted by molar-refractivity contribution is 6.28. The first-order chi connectivity index (χ1) is 11.6. The Kier molecular flexibility index (Phi) is 4.47. The van der Waals surface area contributed by atoms with Crippen molar-refractivity contribution in [2.45, 2.75) is 26.7 Å². The Balaban J connectivity index is 1.77. The van der Waals surface area contributed by atoms with Gasteiger partial charge in [0.2, 0.25) is 0 Å². The van der Waals surface area contributed by atoms with Crippen LogP contribution in [0.4, 0.5) is 5.69 Å². The van der Waals surface area contributed by atoms with Gasteiger partial charge in [-0.15, -0.1) is 0 Å². The third-order valence-corrected chi connectivity index (χ3v) is 3.92. The molecule has 4 heteroatoms. The quantitative estimate of drug-likeness (QED) is 0.777. The lowest BCUT2D eigenvalue weighted by Crippen LogP contribution is -2.30. The second-order valence-electron chi connectivity index (χ2n) is 5.79. The number of ether oxygens (including phenoxy) is 1. The van der Waals surface area contributed by atoms with Gasteiger partial charge >= 0.3 is 0 Å². The van der Waals surface area contributed by atoms with Crippen molar-refractivity contribution in [3.05, 3.63) is 65.7 Å². The molecule has 1 heterocycles. The number of rotatable bonds is 5. The molecule has 0 radical (unpaired) electrons. The maximum atomic E-state index is 11.8. The molecular weight excluding hydrogens is 302 g/mol. The molecule has 0 aliphatic carbocycles. The zero-order valence-electron chi connectivity index (χ0n) is 13.8. The van der Waals surface area contributed by atoms with Crippen LogP contribution in [0.25, 0.3) is 0 Å². The van der Waals surface area contributed by atoms with Crippen molar-refractivity contribution < 1.29 is 14.3 Å². The van der Waals surface area contributed by atoms with Gasteiger partial charge in [-0.1, -0.05) is 25.5 Å². The summed E-state index contributed by atoms with van der Waals surface area (Å²) in [6.07, 6.45) is 4.73. The molecule has 0 N–H and O–H groups in total. The fourth-order valence-corrected chi connectivity index (χ4v) is 2.73. The molecule has 2 aromatic rings. The molecule has 0 spiro atoms. The number of imide groups is 1. The van der Waals surface area contributed by atoms with Crippen molar-refractivity contribution in [2.75, 3.05) is 4.90 Å². The Bertz CT molecular complexity index is 788. The molecule has 0 unspecified atom stereocenters. The van der Waals surface area contributed by atoms with Gasteiger partial charge in [0.05, 0.1) is 5.69 Å². The molecule has 0 bridgehead atoms. The van der Waals surface area contributed by atoms with E-state index in [-0.39, 0.29) is 11.8 Å². The zero-order valence-corrected chi connectivity index (χ0v) is 13.8. The molecule has 0 fully saturated rings. The summed E-state index contributed by atoms with van der Waals surface area (Å²) in [5, 5.41) is 0. The van der Waals surface area contributed by atoms with E-state index in [4.69, 9.17) is 4.74 Å². The van der Waals surface area contributed by atoms with Gasteiger partial charge in [0.1, 0.15) is 11.5 Å². The molecule has 1 aliphatic rings. The summed E-state index contributed by atoms with van der Waals surface area (Å²) in [7, 11) is 0. The van der Waals surface area contributed by atoms with Gasteiger partial charge in [-0.2, -0.15) is 0 Å². The van der Waals surface area contributed by atoms with E-state index in [2.05, 4.69) is 19.1 Å². The molecule has 0 saturated heterocycles. The lowest BCUT2D eigenvalue weighted by molar-refractivity contribution is -0.119. The molecule has 0 atom stereocenters. The fourth-order valence-electron chi connectivity index (χ4n) is 2.73. The highest BCUT2D eigenvalue weighted by Gasteiger charge is 2.26. The SMILES string of the molecule is CCCc1ccc(Oc2ccc(N3C(=O)C=CC3=O)c(C)c2)cc1. The molecule has 0 aromatic heterocycles. The first-order valence-corrected chi connectivity index (χ1v) is 8.02. The van der Waals surface area contributed by atoms with Crippen molar-refractivity contribution in [2.24, 2.45) is 0 Å². The van der Waals surface area contributed by atoms with Gasteiger partial charge in [0.25, 0.3) is 11.8 Å². The third kappa shape index (κ3) is 3.23. The Morgan fingerprint density at radius 3 is 2.12 bits per heavy atom. The molecule has 24 heavy (non-hydrogen) atoms. The Morgan fingerprint density at radius 1 is 0.917 bits per heavy atom. The first-order valence-electron chi connectivity index (χ1n) is 8.02. The number of anilines is 1. The van der Waals surface area contributed by atoms with Crippen LogP contribution in [0.3, 0.4) is 0 Å². The van der Waals surface area contributed by atoms with Gasteiger partial charge in [0.15, 0.2) is 0 Å². The minimum absolute atomic E-state index is 0.316. The first kappa shape index (κ1) is 16.0. The highest BCUT2D eigenvalue weighted by Crippen LogP contribution is 2.29. The second-order valence-corrected chi connectivity index (χ2v) is 5.79. The predicted molar refractivity (Wildman–Crippen MR) is 93.3 cm³/mol. The summed E-state index contributed by atoms with van der Waals surface area (Å²) in [6.45, 7) is 4.01. The van der Waals surface area contributed by atoms with E-state index in [1.165, 1.54) is 22.6 Å². The van der Waals surface area contributed by atoms with Crippen LogP contribution in [-0.2, 0) is 16.0 Å². The largest absolute Gasteiger partial charge is 0.457 e. The molecule has 2 aromatic carbocycles. The van der Waals surface area contributed by atoms with Gasteiger partial charge in [-0.25, -0.2) is 4.90 Å². The van der Waals surface area contributed by atoms with Crippen molar-refractivity contribution >= 4 is 17.5 Å². The average Bonchev–Trinajstić information content (AvgIpc) is 2.89. The zero-order chi connectivity index (χ0) is 17.1. The number of benzene rings is 2. The molecule has 3 rings (SSSR count). The molecular formula is C20H19NO3. The summed E-state index contributed by atoms with van der Waals surface area (Å²) >= 11 is 0. The Labute approximate surface area is 141 Å². The number of nitrogens with zero attached hydrogens (tertiary/aromatic N) is 1. The minimum atomic E-state index is -0.316. The van der Waals surface area contributed by atoms with Crippen molar-refractivity contribution in [3.63, 3.8) is 0 Å². The monoisotopic (exact) mass is 321 g/mol. The van der Waals surface area contributed by atoms with Gasteiger partial charge < -0.3 is 4.74 Å². The summed E-state index contributed by atoms with van der Waals surface area (Å²) in [5.41, 5.74) is 2.68. The lowest BCUT2D eigenvalue weighted by Gasteiger charge is -2.17. The van der Waals surface area contributed by atoms with Gasteiger partial charge in [-0.3, -0.25) is 9.59 Å². The van der Waals surface area contributed by atoms with Crippen LogP contribution in [0.15, 0.2) is 54.6 Å². The van der Waals surface area contributed by atoms with Crippen molar-refractivity contribution in [3.8, 4) is 11.5 Å². The van der Waals surface area contributed by atoms with E-state index in [9.17, 15) is 9.59 Å². The summed E-state index contributed by atoms with van der Waals surface area (Å²) in [4.78, 5) is 24.7. The van der Waals surface area contributed by atoms with Crippen LogP contribution in [-0.4, -0.2) is 11.8 Å². The smallest absolute Gasteiger partial charge is 0.258 e. The van der Waals surface area contributed by atoms with Crippen molar-refractivity contribution in [1.29, 1.82) is 0 Å². The van der Waals surface area contributed by atoms with Crippen LogP contribution in [0.2, 0.25) is 0 Å². The number of carbonyl (C=O) groups excluding carboxylic acids is 2. The van der Waals surface area contributed by atoms with Crippen LogP contribution in [0, 0.1) is 6.92 Å². The Hall–Kier alpha value is -2.88. The number of hydrogen-bond acceptors (Lipinski definition) is 3. The molecule has 0 saturated carbocycles. The molecule has 122 valence electrons. The number of carbonyl (C=O) groups is 2. The molecule has 1 aliphatic heterocycles. The van der Waals surface area contributed by atoms with Crippen LogP contribution < -0.4 is 9.64 Å². The van der Waals surface area contributed by atoms with Crippen LogP contribution >= 0.6 is 0 Å². The topological polar surface area (TPSA) is 46.6 Å². The summed E-state index contributed by atoms with van der Waals surface area (Å²) in [6, 6.07) is 13.4. The number of aryl methyl sites for hydroxylation is 2. The Morgan fingerprint density at radius 2 is 1.54 bits per heavy atom. The summed E-state index contributed by atoms with van der Waals surface area (Å²) in [5.74, 6) is 0.801. The maximum Gasteiger partial charge on any atom is 0.258 e. The molecule has 4 nitrogen and oxygen atoms in total. The third-order valence-electron chi connectivity index (χ3n) is 3.92. The van der Waals surface area contributed by atoms with E-state index in [0.717, 1.165) is 24.2 Å². The molecule has 2 amide bonds. The standard InChI is InChI=1S/C20H19NO3/c1-3-4-15-5-7-16(8-6-15)24-17-9-10-18(14(2)13-17)21-19(22)11-12-20(21)23/h5-13H,3-4H2,1-2H3. The van der Waals surface area contributed by atoms with E-state index in [0.29, 0.717) is 11.4 Å². The fraction of sp³-hybridized carbons (Fsp3) is 0.200. The maximum absolute atomic E-state index is 11.8. The minimum Gasteiger partial charge on any atom is -0.457 e. The van der Waals surface area contributed by atoms with E-state index in [1.54, 1.807) is 12.1 Å². The number of amides is 2. The van der Waals surface area contributed by atoms with E-state index >= 15 is 0 Å². The summed E-state index contributed by atoms with van der Waals surface area (Å²) < 4.78 is 5.86. The predicted octanol–water partition coefficient (Wildman–Crippen LogP) is 4.17. The second kappa shape index (κ2) is 6.71. The number of hydrogen-bond donors (Lipinski definition) is 0. The van der Waals surface area contributed by atoms with Gasteiger partial charge in [0, 0.05) is 12.2 Å². The van der Waals surface area contributed by atoms with E-state index in [1.807, 2.05) is 25.1 Å². The normalized spacial score (nSPS) is 13.7. The lowest BCUT2D eigenvalue weighted by atomic mass is 10.1. The van der Waals surface area contributed by atoms with Crippen LogP contribution in [0.1, 0.15) is 24.5 Å². The van der Waals surface area contributed by atoms with Crippen molar-refractivity contribution in [1.82, 2.24) is 0 Å². The van der Waals surface area contributed by atoms with E-state index < -0.39 is 0 Å². The van der Waals surface area contributed by atoms with Gasteiger partial charge in [-0.05, 0) is 54.8 Å².